The van der Waals surface area contributed by atoms with Gasteiger partial charge in [-0.25, -0.2) is 4.79 Å². The molecule has 2 fully saturated rings. The van der Waals surface area contributed by atoms with Gasteiger partial charge in [-0.3, -0.25) is 14.9 Å². The Labute approximate surface area is 145 Å². The number of nitrogens with one attached hydrogen (secondary N) is 1. The van der Waals surface area contributed by atoms with E-state index in [1.165, 1.54) is 12.1 Å². The molecule has 0 bridgehead atoms. The normalized spacial score (nSPS) is 17.8. The minimum Gasteiger partial charge on any atom is -0.339 e. The molecular formula is C17H22N4O4. The summed E-state index contributed by atoms with van der Waals surface area (Å²) in [7, 11) is 0. The zero-order valence-corrected chi connectivity index (χ0v) is 14.2. The van der Waals surface area contributed by atoms with E-state index in [1.807, 2.05) is 4.90 Å². The minimum absolute atomic E-state index is 0.0585. The molecule has 0 radical (unpaired) electrons. The van der Waals surface area contributed by atoms with Crippen molar-refractivity contribution in [2.75, 3.05) is 31.5 Å². The number of amides is 3. The highest BCUT2D eigenvalue weighted by Crippen LogP contribution is 2.28. The van der Waals surface area contributed by atoms with Crippen molar-refractivity contribution in [1.29, 1.82) is 0 Å². The third kappa shape index (κ3) is 3.72. The largest absolute Gasteiger partial charge is 0.339 e. The van der Waals surface area contributed by atoms with E-state index in [9.17, 15) is 19.7 Å². The van der Waals surface area contributed by atoms with E-state index < -0.39 is 4.92 Å². The zero-order valence-electron chi connectivity index (χ0n) is 14.2. The summed E-state index contributed by atoms with van der Waals surface area (Å²) in [6.45, 7) is 3.80. The van der Waals surface area contributed by atoms with Crippen LogP contribution in [0.2, 0.25) is 0 Å². The molecule has 0 atom stereocenters. The highest BCUT2D eigenvalue weighted by Gasteiger charge is 2.32. The number of nitro groups is 1. The van der Waals surface area contributed by atoms with Crippen LogP contribution in [0.15, 0.2) is 18.2 Å². The van der Waals surface area contributed by atoms with Crippen molar-refractivity contribution in [2.24, 2.45) is 5.92 Å². The molecule has 1 aromatic carbocycles. The number of piperazine rings is 1. The topological polar surface area (TPSA) is 95.8 Å². The highest BCUT2D eigenvalue weighted by atomic mass is 16.6. The van der Waals surface area contributed by atoms with Crippen LogP contribution in [0, 0.1) is 23.0 Å². The molecule has 2 aliphatic rings. The summed E-state index contributed by atoms with van der Waals surface area (Å²) in [6, 6.07) is 4.10. The fourth-order valence-electron chi connectivity index (χ4n) is 3.10. The van der Waals surface area contributed by atoms with Gasteiger partial charge in [-0.2, -0.15) is 0 Å². The molecule has 0 spiro atoms. The van der Waals surface area contributed by atoms with Crippen LogP contribution >= 0.6 is 0 Å². The number of nitro benzene ring substituents is 1. The van der Waals surface area contributed by atoms with Crippen molar-refractivity contribution in [2.45, 2.75) is 26.2 Å². The number of hydrogen-bond donors (Lipinski definition) is 1. The monoisotopic (exact) mass is 346 g/mol. The Morgan fingerprint density at radius 3 is 2.36 bits per heavy atom. The van der Waals surface area contributed by atoms with Gasteiger partial charge in [-0.05, 0) is 25.3 Å². The molecule has 1 aromatic rings. The Balaban J connectivity index is 1.57. The summed E-state index contributed by atoms with van der Waals surface area (Å²) in [4.78, 5) is 38.5. The van der Waals surface area contributed by atoms with Crippen LogP contribution in [0.3, 0.4) is 0 Å². The average molecular weight is 346 g/mol. The van der Waals surface area contributed by atoms with Crippen molar-refractivity contribution < 1.29 is 14.5 Å². The first-order valence-electron chi connectivity index (χ1n) is 8.55. The van der Waals surface area contributed by atoms with Crippen molar-refractivity contribution in [3.8, 4) is 0 Å². The summed E-state index contributed by atoms with van der Waals surface area (Å²) >= 11 is 0. The Morgan fingerprint density at radius 2 is 1.80 bits per heavy atom. The first-order valence-corrected chi connectivity index (χ1v) is 8.55. The third-order valence-corrected chi connectivity index (χ3v) is 5.01. The second-order valence-corrected chi connectivity index (χ2v) is 6.63. The minimum atomic E-state index is -0.486. The van der Waals surface area contributed by atoms with Gasteiger partial charge in [0.1, 0.15) is 0 Å². The average Bonchev–Trinajstić information content (AvgIpc) is 2.55. The van der Waals surface area contributed by atoms with E-state index >= 15 is 0 Å². The summed E-state index contributed by atoms with van der Waals surface area (Å²) in [5.74, 6) is 0.383. The maximum absolute atomic E-state index is 12.4. The number of carbonyl (C=O) groups is 2. The Hall–Kier alpha value is -2.64. The van der Waals surface area contributed by atoms with Gasteiger partial charge in [-0.15, -0.1) is 0 Å². The van der Waals surface area contributed by atoms with Gasteiger partial charge < -0.3 is 15.1 Å². The molecule has 3 amide bonds. The van der Waals surface area contributed by atoms with Crippen molar-refractivity contribution in [1.82, 2.24) is 9.80 Å². The molecule has 134 valence electrons. The molecule has 1 aliphatic heterocycles. The molecule has 1 aliphatic carbocycles. The van der Waals surface area contributed by atoms with E-state index in [0.717, 1.165) is 24.8 Å². The lowest BCUT2D eigenvalue weighted by Crippen LogP contribution is -2.53. The van der Waals surface area contributed by atoms with Gasteiger partial charge in [0, 0.05) is 44.2 Å². The van der Waals surface area contributed by atoms with Crippen LogP contribution in [0.4, 0.5) is 16.2 Å². The Kier molecular flexibility index (Phi) is 4.87. The van der Waals surface area contributed by atoms with Crippen molar-refractivity contribution >= 4 is 23.3 Å². The van der Waals surface area contributed by atoms with E-state index in [2.05, 4.69) is 5.32 Å². The van der Waals surface area contributed by atoms with Crippen LogP contribution in [-0.4, -0.2) is 52.8 Å². The second-order valence-electron chi connectivity index (χ2n) is 6.63. The van der Waals surface area contributed by atoms with Crippen LogP contribution < -0.4 is 5.32 Å². The molecular weight excluding hydrogens is 324 g/mol. The van der Waals surface area contributed by atoms with Crippen molar-refractivity contribution in [3.63, 3.8) is 0 Å². The van der Waals surface area contributed by atoms with Crippen LogP contribution in [0.25, 0.3) is 0 Å². The molecule has 0 unspecified atom stereocenters. The molecule has 8 nitrogen and oxygen atoms in total. The number of rotatable bonds is 3. The van der Waals surface area contributed by atoms with Gasteiger partial charge in [-0.1, -0.05) is 12.5 Å². The van der Waals surface area contributed by atoms with Gasteiger partial charge in [0.05, 0.1) is 10.6 Å². The van der Waals surface area contributed by atoms with Crippen LogP contribution in [0.1, 0.15) is 24.8 Å². The first kappa shape index (κ1) is 17.2. The molecule has 1 saturated carbocycles. The van der Waals surface area contributed by atoms with Gasteiger partial charge >= 0.3 is 6.03 Å². The predicted octanol–water partition coefficient (Wildman–Crippen LogP) is 2.38. The number of benzene rings is 1. The first-order chi connectivity index (χ1) is 12.0. The number of non-ortho nitro benzene ring substituents is 1. The van der Waals surface area contributed by atoms with Crippen LogP contribution in [-0.2, 0) is 4.79 Å². The van der Waals surface area contributed by atoms with Crippen LogP contribution in [0.5, 0.6) is 0 Å². The van der Waals surface area contributed by atoms with Crippen molar-refractivity contribution in [3.05, 3.63) is 33.9 Å². The van der Waals surface area contributed by atoms with Gasteiger partial charge in [0.2, 0.25) is 5.91 Å². The lowest BCUT2D eigenvalue weighted by molar-refractivity contribution is -0.384. The lowest BCUT2D eigenvalue weighted by Gasteiger charge is -2.38. The maximum Gasteiger partial charge on any atom is 0.321 e. The van der Waals surface area contributed by atoms with Gasteiger partial charge in [0.15, 0.2) is 0 Å². The molecule has 1 heterocycles. The smallest absolute Gasteiger partial charge is 0.321 e. The molecule has 25 heavy (non-hydrogen) atoms. The third-order valence-electron chi connectivity index (χ3n) is 5.01. The maximum atomic E-state index is 12.4. The highest BCUT2D eigenvalue weighted by molar-refractivity contribution is 5.91. The summed E-state index contributed by atoms with van der Waals surface area (Å²) in [6.07, 6.45) is 3.08. The SMILES string of the molecule is Cc1ccc([N+](=O)[O-])cc1NC(=O)N1CCN(C(=O)C2CCC2)CC1. The second kappa shape index (κ2) is 7.08. The molecule has 0 aromatic heterocycles. The summed E-state index contributed by atoms with van der Waals surface area (Å²) in [5, 5.41) is 13.6. The van der Waals surface area contributed by atoms with E-state index in [4.69, 9.17) is 0 Å². The number of aryl methyl sites for hydroxylation is 1. The number of carbonyl (C=O) groups excluding carboxylic acids is 2. The summed E-state index contributed by atoms with van der Waals surface area (Å²) in [5.41, 5.74) is 1.14. The lowest BCUT2D eigenvalue weighted by atomic mass is 9.84. The molecule has 3 rings (SSSR count). The van der Waals surface area contributed by atoms with Gasteiger partial charge in [0.25, 0.3) is 5.69 Å². The summed E-state index contributed by atoms with van der Waals surface area (Å²) < 4.78 is 0. The number of urea groups is 1. The number of anilines is 1. The molecule has 1 N–H and O–H groups in total. The Morgan fingerprint density at radius 1 is 1.16 bits per heavy atom. The predicted molar refractivity (Wildman–Crippen MR) is 92.3 cm³/mol. The number of nitrogens with zero attached hydrogens (tertiary/aromatic N) is 3. The fourth-order valence-corrected chi connectivity index (χ4v) is 3.10. The molecule has 1 saturated heterocycles. The Bertz CT molecular complexity index is 694. The quantitative estimate of drug-likeness (QED) is 0.671. The standard InChI is InChI=1S/C17H22N4O4/c1-12-5-6-14(21(24)25)11-15(12)18-17(23)20-9-7-19(8-10-20)16(22)13-3-2-4-13/h5-6,11,13H,2-4,7-10H2,1H3,(H,18,23). The van der Waals surface area contributed by atoms with E-state index in [1.54, 1.807) is 17.9 Å². The fraction of sp³-hybridized carbons (Fsp3) is 0.529. The number of hydrogen-bond acceptors (Lipinski definition) is 4. The zero-order chi connectivity index (χ0) is 18.0. The molecule has 8 heteroatoms. The van der Waals surface area contributed by atoms with E-state index in [0.29, 0.717) is 31.9 Å². The van der Waals surface area contributed by atoms with E-state index in [-0.39, 0.29) is 23.5 Å².